The van der Waals surface area contributed by atoms with Gasteiger partial charge in [-0.2, -0.15) is 11.1 Å². The molecule has 9 aromatic rings. The van der Waals surface area contributed by atoms with E-state index in [1.54, 1.807) is 0 Å². The molecule has 0 amide bonds. The second kappa shape index (κ2) is 15.4. The van der Waals surface area contributed by atoms with E-state index >= 15 is 0 Å². The Morgan fingerprint density at radius 1 is 0.627 bits per heavy atom. The van der Waals surface area contributed by atoms with Crippen LogP contribution < -0.4 is 14.4 Å². The molecular formula is C51H40BN5OPt. The van der Waals surface area contributed by atoms with Crippen LogP contribution in [0.3, 0.4) is 0 Å². The zero-order chi connectivity index (χ0) is 39.4. The van der Waals surface area contributed by atoms with E-state index in [0.717, 1.165) is 72.8 Å². The van der Waals surface area contributed by atoms with E-state index in [9.17, 15) is 0 Å². The van der Waals surface area contributed by atoms with Gasteiger partial charge in [-0.25, -0.2) is 4.98 Å². The van der Waals surface area contributed by atoms with Crippen molar-refractivity contribution in [2.45, 2.75) is 26.2 Å². The monoisotopic (exact) mass is 944 g/mol. The molecule has 0 saturated carbocycles. The van der Waals surface area contributed by atoms with Crippen molar-refractivity contribution < 1.29 is 25.8 Å². The maximum absolute atomic E-state index is 6.58. The van der Waals surface area contributed by atoms with Crippen molar-refractivity contribution in [3.63, 3.8) is 0 Å². The van der Waals surface area contributed by atoms with Crippen molar-refractivity contribution >= 4 is 51.7 Å². The molecule has 0 atom stereocenters. The number of para-hydroxylation sites is 4. The quantitative estimate of drug-likeness (QED) is 0.118. The van der Waals surface area contributed by atoms with Crippen molar-refractivity contribution in [3.05, 3.63) is 195 Å². The molecule has 3 aromatic heterocycles. The van der Waals surface area contributed by atoms with Crippen molar-refractivity contribution in [3.8, 4) is 39.7 Å². The number of ether oxygens (including phenoxy) is 1. The van der Waals surface area contributed by atoms with Crippen molar-refractivity contribution in [2.24, 2.45) is 0 Å². The second-order valence-electron chi connectivity index (χ2n) is 15.7. The predicted molar refractivity (Wildman–Crippen MR) is 240 cm³/mol. The van der Waals surface area contributed by atoms with Gasteiger partial charge < -0.3 is 21.2 Å². The van der Waals surface area contributed by atoms with E-state index in [-0.39, 0.29) is 33.5 Å². The molecule has 59 heavy (non-hydrogen) atoms. The first-order valence-corrected chi connectivity index (χ1v) is 19.7. The number of nitrogens with zero attached hydrogens (tertiary/aromatic N) is 5. The number of hydrogen-bond donors (Lipinski definition) is 0. The van der Waals surface area contributed by atoms with E-state index < -0.39 is 0 Å². The Kier molecular flexibility index (Phi) is 9.94. The molecule has 0 radical (unpaired) electrons. The largest absolute Gasteiger partial charge is 2.00 e. The van der Waals surface area contributed by atoms with Crippen LogP contribution in [-0.4, -0.2) is 21.5 Å². The summed E-state index contributed by atoms with van der Waals surface area (Å²) in [7, 11) is 0. The third kappa shape index (κ3) is 6.79. The maximum Gasteiger partial charge on any atom is 2.00 e. The molecule has 6 nitrogen and oxygen atoms in total. The summed E-state index contributed by atoms with van der Waals surface area (Å²) in [5, 5.41) is 2.14. The standard InChI is InChI=1S/C51H40BN5O.Pt/c1-51(2,3)37-31-32-53-47(33-37)55-44-26-12-11-23-42(44)43-29-30-48(54-50(43)55)58-39-22-15-21-38(34-39)56-45-27-13-14-28-46(45)57(52(56)4)49-40(35-17-7-5-8-18-35)24-16-25-41(49)36-19-9-6-10-20-36;/h5-33H,4H2,1-3H3;/q-2;+2. The van der Waals surface area contributed by atoms with Crippen molar-refractivity contribution in [1.82, 2.24) is 14.5 Å². The van der Waals surface area contributed by atoms with E-state index in [2.05, 4.69) is 193 Å². The first kappa shape index (κ1) is 38.1. The Hall–Kier alpha value is -6.43. The van der Waals surface area contributed by atoms with E-state index in [0.29, 0.717) is 11.6 Å². The average Bonchev–Trinajstić information content (AvgIpc) is 3.74. The van der Waals surface area contributed by atoms with Gasteiger partial charge in [0, 0.05) is 51.3 Å². The molecule has 0 bridgehead atoms. The zero-order valence-corrected chi connectivity index (χ0v) is 35.3. The molecule has 1 aliphatic rings. The minimum absolute atomic E-state index is 0. The van der Waals surface area contributed by atoms with Crippen LogP contribution in [-0.2, 0) is 26.5 Å². The molecule has 4 heterocycles. The third-order valence-corrected chi connectivity index (χ3v) is 11.0. The molecule has 0 saturated heterocycles. The van der Waals surface area contributed by atoms with E-state index in [1.807, 2.05) is 24.4 Å². The zero-order valence-electron chi connectivity index (χ0n) is 33.0. The minimum Gasteiger partial charge on any atom is -0.466 e. The maximum atomic E-state index is 6.58. The number of anilines is 4. The molecule has 0 N–H and O–H groups in total. The van der Waals surface area contributed by atoms with Crippen LogP contribution in [0.5, 0.6) is 11.6 Å². The minimum atomic E-state index is -0.349. The molecule has 288 valence electrons. The van der Waals surface area contributed by atoms with Gasteiger partial charge >= 0.3 is 21.1 Å². The average molecular weight is 945 g/mol. The van der Waals surface area contributed by atoms with Crippen LogP contribution in [0.2, 0.25) is 0 Å². The Morgan fingerprint density at radius 3 is 1.95 bits per heavy atom. The van der Waals surface area contributed by atoms with Gasteiger partial charge in [-0.15, -0.1) is 18.2 Å². The van der Waals surface area contributed by atoms with Gasteiger partial charge in [0.15, 0.2) is 5.65 Å². The molecule has 6 aromatic carbocycles. The topological polar surface area (TPSA) is 46.4 Å². The van der Waals surface area contributed by atoms with Gasteiger partial charge in [0.25, 0.3) is 0 Å². The molecule has 0 unspecified atom stereocenters. The van der Waals surface area contributed by atoms with Crippen LogP contribution in [0, 0.1) is 12.9 Å². The van der Waals surface area contributed by atoms with E-state index in [1.165, 1.54) is 5.56 Å². The van der Waals surface area contributed by atoms with Crippen LogP contribution >= 0.6 is 0 Å². The normalized spacial score (nSPS) is 12.5. The Balaban J connectivity index is 0.00000449. The molecule has 0 aliphatic carbocycles. The van der Waals surface area contributed by atoms with Crippen LogP contribution in [0.1, 0.15) is 26.3 Å². The SMILES string of the molecule is [CH2-]B1N(c2[c-]c(Oc3ccc4c5ccccc5n(-c5cc(C(C)(C)C)ccn5)c4n3)ccc2)c2ccccc2N1c1c(-c2ccccc2)cccc1-c1ccccc1.[Pt+2]. The number of fused-ring (bicyclic) bond motifs is 4. The van der Waals surface area contributed by atoms with Crippen LogP contribution in [0.4, 0.5) is 22.7 Å². The number of aromatic nitrogens is 3. The van der Waals surface area contributed by atoms with E-state index in [4.69, 9.17) is 21.5 Å². The predicted octanol–water partition coefficient (Wildman–Crippen LogP) is 12.9. The van der Waals surface area contributed by atoms with Gasteiger partial charge in [0.1, 0.15) is 5.82 Å². The summed E-state index contributed by atoms with van der Waals surface area (Å²) in [5.74, 6) is 1.84. The first-order valence-electron chi connectivity index (χ1n) is 19.7. The fourth-order valence-electron chi connectivity index (χ4n) is 8.24. The van der Waals surface area contributed by atoms with Gasteiger partial charge in [-0.1, -0.05) is 136 Å². The summed E-state index contributed by atoms with van der Waals surface area (Å²) in [6.07, 6.45) is 1.88. The smallest absolute Gasteiger partial charge is 0.466 e. The molecule has 0 fully saturated rings. The number of hydrogen-bond acceptors (Lipinski definition) is 5. The third-order valence-electron chi connectivity index (χ3n) is 11.0. The van der Waals surface area contributed by atoms with Crippen molar-refractivity contribution in [1.29, 1.82) is 0 Å². The molecular weight excluding hydrogens is 904 g/mol. The fraction of sp³-hybridized carbons (Fsp3) is 0.0784. The first-order chi connectivity index (χ1) is 28.3. The second-order valence-corrected chi connectivity index (χ2v) is 15.7. The van der Waals surface area contributed by atoms with Gasteiger partial charge in [-0.05, 0) is 58.5 Å². The number of rotatable bonds is 7. The summed E-state index contributed by atoms with van der Waals surface area (Å²) >= 11 is 0. The van der Waals surface area contributed by atoms with Crippen LogP contribution in [0.15, 0.2) is 176 Å². The summed E-state index contributed by atoms with van der Waals surface area (Å²) in [5.41, 5.74) is 11.6. The number of benzene rings is 6. The summed E-state index contributed by atoms with van der Waals surface area (Å²) in [6, 6.07) is 62.4. The summed E-state index contributed by atoms with van der Waals surface area (Å²) in [6.45, 7) is 11.1. The molecule has 8 heteroatoms. The van der Waals surface area contributed by atoms with Gasteiger partial charge in [0.05, 0.1) is 11.2 Å². The number of pyridine rings is 2. The Morgan fingerprint density at radius 2 is 1.25 bits per heavy atom. The molecule has 1 aliphatic heterocycles. The van der Waals surface area contributed by atoms with Gasteiger partial charge in [-0.3, -0.25) is 4.57 Å². The van der Waals surface area contributed by atoms with Crippen LogP contribution in [0.25, 0.3) is 50.0 Å². The Bertz CT molecular complexity index is 2910. The summed E-state index contributed by atoms with van der Waals surface area (Å²) in [4.78, 5) is 14.6. The van der Waals surface area contributed by atoms with Gasteiger partial charge in [0.2, 0.25) is 12.9 Å². The fourth-order valence-corrected chi connectivity index (χ4v) is 8.24. The molecule has 10 rings (SSSR count). The Labute approximate surface area is 360 Å². The summed E-state index contributed by atoms with van der Waals surface area (Å²) < 4.78 is 8.71. The van der Waals surface area contributed by atoms with Crippen molar-refractivity contribution in [2.75, 3.05) is 9.62 Å². The molecule has 0 spiro atoms.